The summed E-state index contributed by atoms with van der Waals surface area (Å²) in [6, 6.07) is -1.49. The van der Waals surface area contributed by atoms with Gasteiger partial charge in [-0.1, -0.05) is 57.8 Å². The van der Waals surface area contributed by atoms with E-state index < -0.39 is 57.7 Å². The van der Waals surface area contributed by atoms with Crippen LogP contribution in [-0.4, -0.2) is 70.3 Å². The van der Waals surface area contributed by atoms with Gasteiger partial charge in [-0.15, -0.1) is 0 Å². The Labute approximate surface area is 229 Å². The van der Waals surface area contributed by atoms with Crippen molar-refractivity contribution in [2.75, 3.05) is 13.1 Å². The summed E-state index contributed by atoms with van der Waals surface area (Å²) in [6.45, 7) is 9.14. The molecule has 0 aromatic heterocycles. The lowest BCUT2D eigenvalue weighted by atomic mass is 9.85. The van der Waals surface area contributed by atoms with Gasteiger partial charge in [0.2, 0.25) is 17.7 Å². The second kappa shape index (κ2) is 10.0. The first kappa shape index (κ1) is 30.3. The number of halogens is 5. The molecule has 0 aromatic carbocycles. The number of rotatable bonds is 7. The Bertz CT molecular complexity index is 1050. The summed E-state index contributed by atoms with van der Waals surface area (Å²) < 4.78 is 35.9. The van der Waals surface area contributed by atoms with Crippen molar-refractivity contribution in [3.8, 4) is 6.07 Å². The van der Waals surface area contributed by atoms with E-state index in [9.17, 15) is 37.6 Å². The molecule has 2 heterocycles. The Balaban J connectivity index is 1.83. The SMILES string of the molecule is CC(C)(C)[C@H](NC(=O)C(Cl)(Cl)C(F)(F)F)C(=O)N1C[C@H]2[C@@H]([C@H]1C(=O)N[C@H](C#N)C[C@@H]1CCNC1=O)C2(C)C. The zero-order valence-electron chi connectivity index (χ0n) is 21.7. The van der Waals surface area contributed by atoms with E-state index in [-0.39, 0.29) is 36.1 Å². The van der Waals surface area contributed by atoms with Crippen LogP contribution in [-0.2, 0) is 19.2 Å². The lowest BCUT2D eigenvalue weighted by Crippen LogP contribution is -2.62. The third-order valence-electron chi connectivity index (χ3n) is 7.95. The second-order valence-electron chi connectivity index (χ2n) is 11.9. The summed E-state index contributed by atoms with van der Waals surface area (Å²) in [5, 5.41) is 17.0. The molecule has 9 nitrogen and oxygen atoms in total. The molecule has 3 rings (SSSR count). The summed E-state index contributed by atoms with van der Waals surface area (Å²) in [6.07, 6.45) is -4.65. The maximum atomic E-state index is 13.7. The molecular weight excluding hydrogens is 550 g/mol. The van der Waals surface area contributed by atoms with Crippen LogP contribution < -0.4 is 16.0 Å². The van der Waals surface area contributed by atoms with Crippen LogP contribution in [0.25, 0.3) is 0 Å². The van der Waals surface area contributed by atoms with Crippen molar-refractivity contribution < 1.29 is 32.3 Å². The van der Waals surface area contributed by atoms with E-state index in [4.69, 9.17) is 23.2 Å². The standard InChI is InChI=1S/C24H32Cl2F3N5O4/c1-21(2,3)16(33-20(38)23(25,26)24(27,28)29)19(37)34-10-13-14(22(13,4)5)15(34)18(36)32-12(9-30)8-11-6-7-31-17(11)35/h11-16H,6-8,10H2,1-5H3,(H,31,35)(H,32,36)(H,33,38)/t11-,12-,13-,14-,15-,16+/m0/s1. The molecule has 3 N–H and O–H groups in total. The van der Waals surface area contributed by atoms with Gasteiger partial charge in [0, 0.05) is 19.0 Å². The normalized spacial score (nSPS) is 28.0. The smallest absolute Gasteiger partial charge is 0.356 e. The van der Waals surface area contributed by atoms with Crippen molar-refractivity contribution in [1.29, 1.82) is 5.26 Å². The average molecular weight is 582 g/mol. The molecule has 3 aliphatic rings. The predicted octanol–water partition coefficient (Wildman–Crippen LogP) is 2.27. The summed E-state index contributed by atoms with van der Waals surface area (Å²) in [4.78, 5) is 52.8. The first-order valence-corrected chi connectivity index (χ1v) is 13.0. The van der Waals surface area contributed by atoms with E-state index in [2.05, 4.69) is 16.0 Å². The molecule has 0 bridgehead atoms. The summed E-state index contributed by atoms with van der Waals surface area (Å²) in [7, 11) is 0. The molecule has 0 spiro atoms. The van der Waals surface area contributed by atoms with Crippen molar-refractivity contribution in [2.24, 2.45) is 28.6 Å². The summed E-state index contributed by atoms with van der Waals surface area (Å²) in [5.74, 6) is -4.10. The fourth-order valence-electron chi connectivity index (χ4n) is 5.53. The van der Waals surface area contributed by atoms with E-state index in [1.807, 2.05) is 19.9 Å². The number of fused-ring (bicyclic) bond motifs is 1. The maximum absolute atomic E-state index is 13.7. The molecule has 0 aromatic rings. The molecule has 4 amide bonds. The van der Waals surface area contributed by atoms with E-state index in [1.54, 1.807) is 20.8 Å². The zero-order valence-corrected chi connectivity index (χ0v) is 23.2. The van der Waals surface area contributed by atoms with Gasteiger partial charge in [0.15, 0.2) is 0 Å². The monoisotopic (exact) mass is 581 g/mol. The minimum absolute atomic E-state index is 0.0602. The van der Waals surface area contributed by atoms with Gasteiger partial charge in [-0.3, -0.25) is 19.2 Å². The Kier molecular flexibility index (Phi) is 8.01. The summed E-state index contributed by atoms with van der Waals surface area (Å²) in [5.41, 5.74) is -1.36. The van der Waals surface area contributed by atoms with Gasteiger partial charge >= 0.3 is 6.18 Å². The van der Waals surface area contributed by atoms with Gasteiger partial charge in [-0.25, -0.2) is 0 Å². The van der Waals surface area contributed by atoms with Crippen LogP contribution in [0, 0.1) is 39.9 Å². The average Bonchev–Trinajstić information content (AvgIpc) is 3.14. The van der Waals surface area contributed by atoms with Crippen molar-refractivity contribution in [3.05, 3.63) is 0 Å². The topological polar surface area (TPSA) is 131 Å². The summed E-state index contributed by atoms with van der Waals surface area (Å²) >= 11 is 10.6. The molecule has 212 valence electrons. The van der Waals surface area contributed by atoms with E-state index in [0.717, 1.165) is 0 Å². The van der Waals surface area contributed by atoms with Crippen molar-refractivity contribution in [2.45, 2.75) is 76.1 Å². The fraction of sp³-hybridized carbons (Fsp3) is 0.792. The molecule has 0 unspecified atom stereocenters. The van der Waals surface area contributed by atoms with Crippen molar-refractivity contribution >= 4 is 46.8 Å². The Morgan fingerprint density at radius 2 is 1.82 bits per heavy atom. The molecule has 6 atom stereocenters. The highest BCUT2D eigenvalue weighted by atomic mass is 35.5. The van der Waals surface area contributed by atoms with Gasteiger partial charge in [0.25, 0.3) is 10.2 Å². The predicted molar refractivity (Wildman–Crippen MR) is 131 cm³/mol. The molecule has 2 aliphatic heterocycles. The van der Waals surface area contributed by atoms with E-state index in [0.29, 0.717) is 13.0 Å². The second-order valence-corrected chi connectivity index (χ2v) is 13.3. The molecule has 14 heteroatoms. The van der Waals surface area contributed by atoms with E-state index >= 15 is 0 Å². The maximum Gasteiger partial charge on any atom is 0.430 e. The van der Waals surface area contributed by atoms with Crippen molar-refractivity contribution in [1.82, 2.24) is 20.9 Å². The zero-order chi connectivity index (χ0) is 29.0. The number of amides is 4. The lowest BCUT2D eigenvalue weighted by Gasteiger charge is -2.38. The molecule has 1 aliphatic carbocycles. The number of carbonyl (C=O) groups excluding carboxylic acids is 4. The first-order valence-electron chi connectivity index (χ1n) is 12.3. The molecule has 38 heavy (non-hydrogen) atoms. The fourth-order valence-corrected chi connectivity index (χ4v) is 5.64. The first-order chi connectivity index (χ1) is 17.2. The van der Waals surface area contributed by atoms with Crippen LogP contribution in [0.2, 0.25) is 0 Å². The van der Waals surface area contributed by atoms with Gasteiger partial charge in [0.1, 0.15) is 18.1 Å². The molecule has 0 radical (unpaired) electrons. The highest BCUT2D eigenvalue weighted by Gasteiger charge is 2.70. The number of nitrogens with one attached hydrogen (secondary N) is 3. The van der Waals surface area contributed by atoms with Crippen LogP contribution in [0.4, 0.5) is 13.2 Å². The van der Waals surface area contributed by atoms with Crippen LogP contribution >= 0.6 is 23.2 Å². The number of hydrogen-bond acceptors (Lipinski definition) is 5. The van der Waals surface area contributed by atoms with Gasteiger partial charge in [-0.2, -0.15) is 18.4 Å². The number of hydrogen-bond donors (Lipinski definition) is 3. The highest BCUT2D eigenvalue weighted by Crippen LogP contribution is 2.65. The lowest BCUT2D eigenvalue weighted by molar-refractivity contribution is -0.161. The van der Waals surface area contributed by atoms with Crippen molar-refractivity contribution in [3.63, 3.8) is 0 Å². The van der Waals surface area contributed by atoms with E-state index in [1.165, 1.54) is 4.90 Å². The van der Waals surface area contributed by atoms with Gasteiger partial charge in [-0.05, 0) is 35.5 Å². The molecule has 2 saturated heterocycles. The molecule has 3 fully saturated rings. The Morgan fingerprint density at radius 1 is 1.21 bits per heavy atom. The van der Waals surface area contributed by atoms with Crippen LogP contribution in [0.5, 0.6) is 0 Å². The third-order valence-corrected chi connectivity index (χ3v) is 8.72. The number of nitriles is 1. The number of piperidine rings is 1. The molecule has 1 saturated carbocycles. The largest absolute Gasteiger partial charge is 0.430 e. The van der Waals surface area contributed by atoms with Gasteiger partial charge < -0.3 is 20.9 Å². The number of nitrogens with zero attached hydrogens (tertiary/aromatic N) is 2. The third kappa shape index (κ3) is 5.55. The Morgan fingerprint density at radius 3 is 2.29 bits per heavy atom. The minimum atomic E-state index is -5.30. The highest BCUT2D eigenvalue weighted by molar-refractivity contribution is 6.58. The van der Waals surface area contributed by atoms with Crippen LogP contribution in [0.3, 0.4) is 0 Å². The van der Waals surface area contributed by atoms with Gasteiger partial charge in [0.05, 0.1) is 6.07 Å². The molecular formula is C24H32Cl2F3N5O4. The van der Waals surface area contributed by atoms with Crippen LogP contribution in [0.1, 0.15) is 47.5 Å². The quantitative estimate of drug-likeness (QED) is 0.397. The number of likely N-dealkylation sites (tertiary alicyclic amines) is 1. The minimum Gasteiger partial charge on any atom is -0.356 e. The number of alkyl halides is 5. The van der Waals surface area contributed by atoms with Crippen LogP contribution in [0.15, 0.2) is 0 Å². The number of carbonyl (C=O) groups is 4. The Hall–Kier alpha value is -2.26.